The lowest BCUT2D eigenvalue weighted by Gasteiger charge is -2.49. The first-order valence-electron chi connectivity index (χ1n) is 7.21. The molecule has 1 fully saturated rings. The lowest BCUT2D eigenvalue weighted by atomic mass is 10.0. The number of aliphatic carboxylic acids is 1. The van der Waals surface area contributed by atoms with Crippen molar-refractivity contribution in [2.75, 3.05) is 11.5 Å². The molecule has 2 atom stereocenters. The Morgan fingerprint density at radius 1 is 1.46 bits per heavy atom. The Bertz CT molecular complexity index is 800. The van der Waals surface area contributed by atoms with Crippen LogP contribution in [0, 0.1) is 6.92 Å². The molecular formula is C13H12Cl2N4O4S3. The molecule has 2 aliphatic rings. The topological polar surface area (TPSA) is 112 Å². The van der Waals surface area contributed by atoms with E-state index in [9.17, 15) is 19.5 Å². The summed E-state index contributed by atoms with van der Waals surface area (Å²) in [5.41, 5.74) is 0.591. The number of halogens is 2. The number of carboxylic acids is 1. The molecule has 0 radical (unpaired) electrons. The molecular weight excluding hydrogens is 443 g/mol. The van der Waals surface area contributed by atoms with Crippen LogP contribution in [0.15, 0.2) is 15.6 Å². The molecule has 1 aromatic heterocycles. The van der Waals surface area contributed by atoms with Crippen molar-refractivity contribution < 1.29 is 19.5 Å². The number of hydrogen-bond donors (Lipinski definition) is 2. The van der Waals surface area contributed by atoms with Crippen molar-refractivity contribution in [1.82, 2.24) is 20.4 Å². The summed E-state index contributed by atoms with van der Waals surface area (Å²) in [4.78, 5) is 35.6. The van der Waals surface area contributed by atoms with E-state index >= 15 is 0 Å². The third-order valence-electron chi connectivity index (χ3n) is 3.62. The van der Waals surface area contributed by atoms with Crippen LogP contribution in [0.25, 0.3) is 0 Å². The zero-order valence-electron chi connectivity index (χ0n) is 13.1. The van der Waals surface area contributed by atoms with Crippen LogP contribution in [-0.4, -0.2) is 65.7 Å². The number of carboxylic acid groups (broad SMARTS) is 1. The van der Waals surface area contributed by atoms with Gasteiger partial charge in [-0.05, 0) is 12.5 Å². The van der Waals surface area contributed by atoms with Crippen LogP contribution in [0.1, 0.15) is 5.01 Å². The molecule has 0 saturated carbocycles. The van der Waals surface area contributed by atoms with E-state index in [2.05, 4.69) is 15.5 Å². The molecule has 140 valence electrons. The third-order valence-corrected chi connectivity index (χ3v) is 7.42. The normalized spacial score (nSPS) is 22.3. The number of fused-ring (bicyclic) bond motifs is 1. The van der Waals surface area contributed by atoms with Crippen molar-refractivity contribution in [2.45, 2.75) is 27.5 Å². The van der Waals surface area contributed by atoms with Gasteiger partial charge in [-0.1, -0.05) is 46.3 Å². The number of nitrogens with one attached hydrogen (secondary N) is 1. The van der Waals surface area contributed by atoms with Gasteiger partial charge in [0.1, 0.15) is 22.1 Å². The molecule has 2 amide bonds. The van der Waals surface area contributed by atoms with E-state index in [1.165, 1.54) is 39.8 Å². The van der Waals surface area contributed by atoms with Gasteiger partial charge in [0, 0.05) is 11.5 Å². The molecule has 0 aliphatic carbocycles. The van der Waals surface area contributed by atoms with Gasteiger partial charge in [-0.3, -0.25) is 14.5 Å². The van der Waals surface area contributed by atoms with E-state index in [1.807, 2.05) is 6.92 Å². The monoisotopic (exact) mass is 454 g/mol. The number of β-lactam (4-membered cyclic amide) rings is 1. The van der Waals surface area contributed by atoms with Crippen molar-refractivity contribution in [3.63, 3.8) is 0 Å². The molecule has 0 bridgehead atoms. The summed E-state index contributed by atoms with van der Waals surface area (Å²) in [7, 11) is 0. The second-order valence-electron chi connectivity index (χ2n) is 5.33. The number of alkyl halides is 2. The van der Waals surface area contributed by atoms with E-state index in [0.29, 0.717) is 17.1 Å². The average molecular weight is 455 g/mol. The molecule has 1 unspecified atom stereocenters. The van der Waals surface area contributed by atoms with E-state index in [-0.39, 0.29) is 5.70 Å². The number of carbonyl (C=O) groups excluding carboxylic acids is 2. The van der Waals surface area contributed by atoms with Crippen molar-refractivity contribution in [3.8, 4) is 0 Å². The van der Waals surface area contributed by atoms with Crippen LogP contribution < -0.4 is 5.32 Å². The van der Waals surface area contributed by atoms with Crippen LogP contribution in [0.5, 0.6) is 0 Å². The summed E-state index contributed by atoms with van der Waals surface area (Å²) in [5.74, 6) is -1.53. The molecule has 2 N–H and O–H groups in total. The minimum absolute atomic E-state index is 0.0358. The van der Waals surface area contributed by atoms with Crippen LogP contribution in [0.3, 0.4) is 0 Å². The summed E-state index contributed by atoms with van der Waals surface area (Å²) in [6, 6.07) is -0.832. The van der Waals surface area contributed by atoms with Gasteiger partial charge in [-0.25, -0.2) is 4.79 Å². The summed E-state index contributed by atoms with van der Waals surface area (Å²) in [6.07, 6.45) is 0. The molecule has 3 heterocycles. The number of thioether (sulfide) groups is 2. The predicted octanol–water partition coefficient (Wildman–Crippen LogP) is 1.48. The molecule has 13 heteroatoms. The maximum Gasteiger partial charge on any atom is 0.352 e. The second-order valence-corrected chi connectivity index (χ2v) is 9.94. The second kappa shape index (κ2) is 7.93. The predicted molar refractivity (Wildman–Crippen MR) is 101 cm³/mol. The van der Waals surface area contributed by atoms with Crippen LogP contribution in [0.4, 0.5) is 0 Å². The van der Waals surface area contributed by atoms with Crippen LogP contribution in [-0.2, 0) is 14.4 Å². The van der Waals surface area contributed by atoms with Gasteiger partial charge in [0.25, 0.3) is 11.8 Å². The zero-order valence-corrected chi connectivity index (χ0v) is 17.1. The van der Waals surface area contributed by atoms with E-state index in [0.717, 1.165) is 9.35 Å². The smallest absolute Gasteiger partial charge is 0.352 e. The molecule has 1 aromatic rings. The van der Waals surface area contributed by atoms with Crippen LogP contribution in [0.2, 0.25) is 0 Å². The van der Waals surface area contributed by atoms with Gasteiger partial charge in [0.05, 0.1) is 0 Å². The maximum absolute atomic E-state index is 12.4. The molecule has 3 rings (SSSR count). The number of amides is 2. The summed E-state index contributed by atoms with van der Waals surface area (Å²) >= 11 is 15.2. The average Bonchev–Trinajstić information content (AvgIpc) is 3.01. The van der Waals surface area contributed by atoms with Crippen molar-refractivity contribution in [2.24, 2.45) is 0 Å². The summed E-state index contributed by atoms with van der Waals surface area (Å²) in [5, 5.41) is 20.3. The first-order chi connectivity index (χ1) is 12.3. The Labute approximate surface area is 170 Å². The Balaban J connectivity index is 1.75. The standard InChI is InChI=1S/C13H12Cl2N4O4S3/c1-4-17-18-13(26-4)25-3-5-2-24-11-6(16-9(20)8(14)15)10(21)19(11)7(5)12(22)23/h6,8,11H,2-3H2,1H3,(H,16,20)(H,22,23)/t6?,11-/m0/s1. The fourth-order valence-corrected chi connectivity index (χ4v) is 5.92. The van der Waals surface area contributed by atoms with Gasteiger partial charge in [-0.15, -0.1) is 22.0 Å². The number of aromatic nitrogens is 2. The highest BCUT2D eigenvalue weighted by Crippen LogP contribution is 2.41. The zero-order chi connectivity index (χ0) is 19.0. The molecule has 0 aromatic carbocycles. The van der Waals surface area contributed by atoms with Gasteiger partial charge >= 0.3 is 5.97 Å². The maximum atomic E-state index is 12.4. The molecule has 26 heavy (non-hydrogen) atoms. The highest BCUT2D eigenvalue weighted by Gasteiger charge is 2.54. The largest absolute Gasteiger partial charge is 0.477 e. The first-order valence-corrected chi connectivity index (χ1v) is 10.9. The quantitative estimate of drug-likeness (QED) is 0.377. The number of nitrogens with zero attached hydrogens (tertiary/aromatic N) is 3. The van der Waals surface area contributed by atoms with E-state index in [1.54, 1.807) is 0 Å². The lowest BCUT2D eigenvalue weighted by molar-refractivity contribution is -0.150. The van der Waals surface area contributed by atoms with Crippen molar-refractivity contribution in [3.05, 3.63) is 16.3 Å². The first kappa shape index (κ1) is 19.7. The van der Waals surface area contributed by atoms with Gasteiger partial charge in [0.15, 0.2) is 9.18 Å². The van der Waals surface area contributed by atoms with Gasteiger partial charge in [-0.2, -0.15) is 0 Å². The number of aryl methyl sites for hydroxylation is 1. The lowest BCUT2D eigenvalue weighted by Crippen LogP contribution is -2.71. The SMILES string of the molecule is Cc1nnc(SCC2=C(C(=O)O)N3C(=O)C(NC(=O)C(Cl)Cl)[C@@H]3SC2)s1. The molecule has 8 nitrogen and oxygen atoms in total. The third kappa shape index (κ3) is 3.81. The summed E-state index contributed by atoms with van der Waals surface area (Å²) in [6.45, 7) is 1.84. The fraction of sp³-hybridized carbons (Fsp3) is 0.462. The fourth-order valence-electron chi connectivity index (χ4n) is 2.50. The van der Waals surface area contributed by atoms with Crippen molar-refractivity contribution in [1.29, 1.82) is 0 Å². The number of carbonyl (C=O) groups is 3. The number of hydrogen-bond acceptors (Lipinski definition) is 8. The summed E-state index contributed by atoms with van der Waals surface area (Å²) < 4.78 is 0.738. The van der Waals surface area contributed by atoms with Gasteiger partial charge < -0.3 is 10.4 Å². The minimum atomic E-state index is -1.29. The van der Waals surface area contributed by atoms with Gasteiger partial charge in [0.2, 0.25) is 0 Å². The molecule has 1 saturated heterocycles. The molecule has 0 spiro atoms. The Morgan fingerprint density at radius 2 is 2.19 bits per heavy atom. The van der Waals surface area contributed by atoms with E-state index < -0.39 is 34.0 Å². The van der Waals surface area contributed by atoms with E-state index in [4.69, 9.17) is 23.2 Å². The van der Waals surface area contributed by atoms with Crippen LogP contribution >= 0.6 is 58.1 Å². The highest BCUT2D eigenvalue weighted by atomic mass is 35.5. The minimum Gasteiger partial charge on any atom is -0.477 e. The van der Waals surface area contributed by atoms with Crippen molar-refractivity contribution >= 4 is 75.8 Å². The molecule has 2 aliphatic heterocycles. The highest BCUT2D eigenvalue weighted by molar-refractivity contribution is 8.01. The Morgan fingerprint density at radius 3 is 2.77 bits per heavy atom. The Kier molecular flexibility index (Phi) is 6.02. The Hall–Kier alpha value is -1.01. The number of rotatable bonds is 6.